The maximum atomic E-state index is 12.6. The smallest absolute Gasteiger partial charge is 0.323 e. The summed E-state index contributed by atoms with van der Waals surface area (Å²) in [6.07, 6.45) is 3.04. The summed E-state index contributed by atoms with van der Waals surface area (Å²) in [6.45, 7) is -0.0256. The molecule has 0 spiro atoms. The van der Waals surface area contributed by atoms with Crippen molar-refractivity contribution in [2.24, 2.45) is 5.16 Å². The number of amides is 1. The standard InChI is InChI=1S/C18H20Cl2N6O6S/c19-11-2-1-3-12(20)15(11)33(30,31)26-13(17(28)29)9-24-16(27)14-8-10(25-32-14)4-5-21-18-22-6-7-23-18/h1-3,6-7,13-14,26H,4-5,8-9H2,(H,24,27)(H,28,29)(H2,21,22,23). The molecule has 3 rings (SSSR count). The van der Waals surface area contributed by atoms with Crippen LogP contribution in [0.4, 0.5) is 5.95 Å². The van der Waals surface area contributed by atoms with Crippen LogP contribution in [-0.2, 0) is 24.4 Å². The molecule has 33 heavy (non-hydrogen) atoms. The number of benzene rings is 1. The number of sulfonamides is 1. The van der Waals surface area contributed by atoms with E-state index < -0.39 is 45.5 Å². The molecule has 2 heterocycles. The van der Waals surface area contributed by atoms with Crippen LogP contribution in [0.3, 0.4) is 0 Å². The van der Waals surface area contributed by atoms with Crippen molar-refractivity contribution in [3.8, 4) is 0 Å². The SMILES string of the molecule is O=C(O)C(CNC(=O)C1CC(CCNc2ncc[nH]2)=NO1)NS(=O)(=O)c1c(Cl)cccc1Cl. The molecule has 0 bridgehead atoms. The van der Waals surface area contributed by atoms with Crippen LogP contribution in [0.15, 0.2) is 40.6 Å². The maximum Gasteiger partial charge on any atom is 0.323 e. The van der Waals surface area contributed by atoms with E-state index in [2.05, 4.69) is 25.8 Å². The number of aromatic nitrogens is 2. The fourth-order valence-corrected chi connectivity index (χ4v) is 5.22. The number of nitrogens with zero attached hydrogens (tertiary/aromatic N) is 2. The molecule has 0 saturated heterocycles. The van der Waals surface area contributed by atoms with Gasteiger partial charge in [-0.05, 0) is 12.1 Å². The first-order valence-corrected chi connectivity index (χ1v) is 11.8. The highest BCUT2D eigenvalue weighted by Gasteiger charge is 2.32. The number of carboxylic acid groups (broad SMARTS) is 1. The van der Waals surface area contributed by atoms with Crippen molar-refractivity contribution in [1.29, 1.82) is 0 Å². The van der Waals surface area contributed by atoms with Crippen LogP contribution in [0.25, 0.3) is 0 Å². The zero-order valence-electron chi connectivity index (χ0n) is 16.9. The zero-order valence-corrected chi connectivity index (χ0v) is 19.2. The van der Waals surface area contributed by atoms with E-state index in [0.29, 0.717) is 24.6 Å². The Bertz CT molecular complexity index is 1120. The third-order valence-corrected chi connectivity index (χ3v) is 6.92. The summed E-state index contributed by atoms with van der Waals surface area (Å²) in [7, 11) is -4.39. The summed E-state index contributed by atoms with van der Waals surface area (Å²) in [5.41, 5.74) is 0.637. The molecule has 12 nitrogen and oxygen atoms in total. The predicted molar refractivity (Wildman–Crippen MR) is 120 cm³/mol. The molecule has 1 aromatic carbocycles. The van der Waals surface area contributed by atoms with Crippen LogP contribution in [-0.4, -0.2) is 66.3 Å². The van der Waals surface area contributed by atoms with Crippen molar-refractivity contribution >= 4 is 56.8 Å². The highest BCUT2D eigenvalue weighted by Crippen LogP contribution is 2.28. The lowest BCUT2D eigenvalue weighted by atomic mass is 10.1. The summed E-state index contributed by atoms with van der Waals surface area (Å²) in [5, 5.41) is 18.3. The van der Waals surface area contributed by atoms with Crippen LogP contribution >= 0.6 is 23.2 Å². The fourth-order valence-electron chi connectivity index (χ4n) is 2.88. The number of H-pyrrole nitrogens is 1. The zero-order chi connectivity index (χ0) is 24.0. The van der Waals surface area contributed by atoms with E-state index in [1.165, 1.54) is 18.2 Å². The van der Waals surface area contributed by atoms with Gasteiger partial charge in [0.2, 0.25) is 16.1 Å². The van der Waals surface area contributed by atoms with Gasteiger partial charge in [-0.15, -0.1) is 0 Å². The molecule has 1 aliphatic heterocycles. The molecule has 0 aliphatic carbocycles. The maximum absolute atomic E-state index is 12.6. The Morgan fingerprint density at radius 3 is 2.67 bits per heavy atom. The van der Waals surface area contributed by atoms with Gasteiger partial charge >= 0.3 is 5.97 Å². The summed E-state index contributed by atoms with van der Waals surface area (Å²) >= 11 is 11.8. The second kappa shape index (κ2) is 10.8. The second-order valence-corrected chi connectivity index (χ2v) is 9.34. The van der Waals surface area contributed by atoms with E-state index in [0.717, 1.165) is 0 Å². The number of carboxylic acids is 1. The first-order valence-electron chi connectivity index (χ1n) is 9.59. The number of halogens is 2. The van der Waals surface area contributed by atoms with Crippen molar-refractivity contribution in [1.82, 2.24) is 20.0 Å². The molecular formula is C18H20Cl2N6O6S. The van der Waals surface area contributed by atoms with Crippen LogP contribution in [0.5, 0.6) is 0 Å². The lowest BCUT2D eigenvalue weighted by molar-refractivity contribution is -0.139. The molecule has 2 aromatic rings. The molecule has 178 valence electrons. The van der Waals surface area contributed by atoms with Gasteiger partial charge in [0.15, 0.2) is 5.95 Å². The molecule has 2 atom stereocenters. The quantitative estimate of drug-likeness (QED) is 0.294. The molecule has 1 aliphatic rings. The summed E-state index contributed by atoms with van der Waals surface area (Å²) in [4.78, 5) is 35.5. The average Bonchev–Trinajstić information content (AvgIpc) is 3.43. The lowest BCUT2D eigenvalue weighted by Gasteiger charge is -2.17. The topological polar surface area (TPSA) is 175 Å². The number of carbonyl (C=O) groups is 2. The highest BCUT2D eigenvalue weighted by atomic mass is 35.5. The molecule has 1 amide bonds. The largest absolute Gasteiger partial charge is 0.480 e. The number of aliphatic carboxylic acids is 1. The van der Waals surface area contributed by atoms with E-state index in [1.54, 1.807) is 12.4 Å². The Labute approximate surface area is 198 Å². The molecule has 1 aromatic heterocycles. The number of imidazole rings is 1. The van der Waals surface area contributed by atoms with E-state index in [1.807, 2.05) is 4.72 Å². The average molecular weight is 519 g/mol. The Morgan fingerprint density at radius 2 is 2.03 bits per heavy atom. The Hall–Kier alpha value is -2.87. The van der Waals surface area contributed by atoms with Crippen LogP contribution in [0.1, 0.15) is 12.8 Å². The number of hydrogen-bond acceptors (Lipinski definition) is 8. The van der Waals surface area contributed by atoms with Crippen LogP contribution in [0, 0.1) is 0 Å². The number of anilines is 1. The normalized spacial score (nSPS) is 16.5. The van der Waals surface area contributed by atoms with Gasteiger partial charge in [-0.3, -0.25) is 9.59 Å². The first kappa shape index (κ1) is 24.8. The van der Waals surface area contributed by atoms with E-state index in [4.69, 9.17) is 28.0 Å². The van der Waals surface area contributed by atoms with Gasteiger partial charge in [0.1, 0.15) is 10.9 Å². The number of aromatic amines is 1. The van der Waals surface area contributed by atoms with Gasteiger partial charge in [-0.1, -0.05) is 34.4 Å². The van der Waals surface area contributed by atoms with Gasteiger partial charge in [0, 0.05) is 38.3 Å². The number of nitrogens with one attached hydrogen (secondary N) is 4. The monoisotopic (exact) mass is 518 g/mol. The van der Waals surface area contributed by atoms with Gasteiger partial charge in [0.25, 0.3) is 5.91 Å². The number of oxime groups is 1. The highest BCUT2D eigenvalue weighted by molar-refractivity contribution is 7.89. The van der Waals surface area contributed by atoms with Crippen molar-refractivity contribution in [3.63, 3.8) is 0 Å². The van der Waals surface area contributed by atoms with Crippen LogP contribution in [0.2, 0.25) is 10.0 Å². The minimum atomic E-state index is -4.39. The van der Waals surface area contributed by atoms with Gasteiger partial charge in [-0.25, -0.2) is 13.4 Å². The van der Waals surface area contributed by atoms with E-state index >= 15 is 0 Å². The molecular weight excluding hydrogens is 499 g/mol. The molecule has 0 saturated carbocycles. The van der Waals surface area contributed by atoms with Gasteiger partial charge in [-0.2, -0.15) is 4.72 Å². The minimum Gasteiger partial charge on any atom is -0.480 e. The van der Waals surface area contributed by atoms with Crippen molar-refractivity contribution in [2.75, 3.05) is 18.4 Å². The second-order valence-electron chi connectivity index (χ2n) is 6.88. The van der Waals surface area contributed by atoms with Crippen molar-refractivity contribution < 1.29 is 28.0 Å². The molecule has 15 heteroatoms. The van der Waals surface area contributed by atoms with Gasteiger partial charge < -0.3 is 25.6 Å². The third kappa shape index (κ3) is 6.57. The molecule has 5 N–H and O–H groups in total. The van der Waals surface area contributed by atoms with E-state index in [9.17, 15) is 23.1 Å². The summed E-state index contributed by atoms with van der Waals surface area (Å²) in [6, 6.07) is 2.38. The van der Waals surface area contributed by atoms with Crippen molar-refractivity contribution in [3.05, 3.63) is 40.6 Å². The molecule has 2 unspecified atom stereocenters. The lowest BCUT2D eigenvalue weighted by Crippen LogP contribution is -2.50. The number of rotatable bonds is 11. The van der Waals surface area contributed by atoms with Crippen molar-refractivity contribution in [2.45, 2.75) is 29.9 Å². The summed E-state index contributed by atoms with van der Waals surface area (Å²) in [5.74, 6) is -1.53. The first-order chi connectivity index (χ1) is 15.7. The van der Waals surface area contributed by atoms with Crippen LogP contribution < -0.4 is 15.4 Å². The Kier molecular flexibility index (Phi) is 8.13. The van der Waals surface area contributed by atoms with Gasteiger partial charge in [0.05, 0.1) is 15.8 Å². The predicted octanol–water partition coefficient (Wildman–Crippen LogP) is 1.21. The minimum absolute atomic E-state index is 0.172. The molecule has 0 radical (unpaired) electrons. The molecule has 0 fully saturated rings. The number of hydrogen-bond donors (Lipinski definition) is 5. The fraction of sp³-hybridized carbons (Fsp3) is 0.333. The Balaban J connectivity index is 1.51. The number of carbonyl (C=O) groups excluding carboxylic acids is 1. The Morgan fingerprint density at radius 1 is 1.30 bits per heavy atom. The van der Waals surface area contributed by atoms with E-state index in [-0.39, 0.29) is 16.5 Å². The summed E-state index contributed by atoms with van der Waals surface area (Å²) < 4.78 is 27.2. The third-order valence-electron chi connectivity index (χ3n) is 4.49.